The number of oxazole rings is 1. The Bertz CT molecular complexity index is 654. The summed E-state index contributed by atoms with van der Waals surface area (Å²) in [7, 11) is 0. The average molecular weight is 215 g/mol. The van der Waals surface area contributed by atoms with Crippen LogP contribution in [0.25, 0.3) is 22.6 Å². The van der Waals surface area contributed by atoms with E-state index >= 15 is 0 Å². The Hall–Kier alpha value is -2.30. The second-order valence-electron chi connectivity index (χ2n) is 3.56. The molecule has 5 heteroatoms. The van der Waals surface area contributed by atoms with E-state index in [0.29, 0.717) is 17.2 Å². The molecule has 0 saturated heterocycles. The lowest BCUT2D eigenvalue weighted by Crippen LogP contribution is -1.82. The summed E-state index contributed by atoms with van der Waals surface area (Å²) in [5.41, 5.74) is 9.27. The van der Waals surface area contributed by atoms with Gasteiger partial charge in [0.1, 0.15) is 11.8 Å². The van der Waals surface area contributed by atoms with Crippen LogP contribution < -0.4 is 5.73 Å². The third-order valence-electron chi connectivity index (χ3n) is 2.39. The quantitative estimate of drug-likeness (QED) is 0.630. The van der Waals surface area contributed by atoms with Crippen molar-refractivity contribution < 1.29 is 8.94 Å². The Kier molecular flexibility index (Phi) is 1.73. The molecular formula is C11H9N3O2. The van der Waals surface area contributed by atoms with Crippen LogP contribution in [0.4, 0.5) is 5.69 Å². The van der Waals surface area contributed by atoms with E-state index in [1.807, 2.05) is 6.92 Å². The van der Waals surface area contributed by atoms with Gasteiger partial charge in [-0.3, -0.25) is 0 Å². The summed E-state index contributed by atoms with van der Waals surface area (Å²) in [5.74, 6) is 0.499. The van der Waals surface area contributed by atoms with Crippen LogP contribution in [0.5, 0.6) is 0 Å². The van der Waals surface area contributed by atoms with Crippen molar-refractivity contribution >= 4 is 16.8 Å². The molecule has 0 aliphatic carbocycles. The fraction of sp³-hybridized carbons (Fsp3) is 0.0909. The highest BCUT2D eigenvalue weighted by molar-refractivity contribution is 5.79. The second-order valence-corrected chi connectivity index (χ2v) is 3.56. The number of aromatic nitrogens is 2. The van der Waals surface area contributed by atoms with E-state index in [0.717, 1.165) is 16.8 Å². The lowest BCUT2D eigenvalue weighted by molar-refractivity contribution is 0.415. The molecule has 3 rings (SSSR count). The molecule has 0 atom stereocenters. The Morgan fingerprint density at radius 1 is 1.31 bits per heavy atom. The first kappa shape index (κ1) is 8.96. The van der Waals surface area contributed by atoms with Crippen LogP contribution in [0, 0.1) is 6.92 Å². The minimum atomic E-state index is 0.499. The number of hydrogen-bond acceptors (Lipinski definition) is 5. The van der Waals surface area contributed by atoms with Crippen LogP contribution in [0.15, 0.2) is 33.4 Å². The highest BCUT2D eigenvalue weighted by Gasteiger charge is 2.13. The van der Waals surface area contributed by atoms with Crippen LogP contribution in [-0.2, 0) is 0 Å². The zero-order valence-corrected chi connectivity index (χ0v) is 8.60. The molecule has 0 spiro atoms. The number of rotatable bonds is 1. The van der Waals surface area contributed by atoms with Gasteiger partial charge < -0.3 is 14.7 Å². The van der Waals surface area contributed by atoms with Crippen LogP contribution in [-0.4, -0.2) is 10.1 Å². The monoisotopic (exact) mass is 215 g/mol. The van der Waals surface area contributed by atoms with Crippen LogP contribution in [0.2, 0.25) is 0 Å². The molecule has 16 heavy (non-hydrogen) atoms. The van der Waals surface area contributed by atoms with Crippen molar-refractivity contribution in [3.63, 3.8) is 0 Å². The van der Waals surface area contributed by atoms with Gasteiger partial charge in [-0.1, -0.05) is 5.16 Å². The highest BCUT2D eigenvalue weighted by Crippen LogP contribution is 2.26. The highest BCUT2D eigenvalue weighted by atomic mass is 16.5. The first-order chi connectivity index (χ1) is 7.74. The predicted molar refractivity (Wildman–Crippen MR) is 58.7 cm³/mol. The molecule has 2 heterocycles. The Morgan fingerprint density at radius 3 is 2.94 bits per heavy atom. The summed E-state index contributed by atoms with van der Waals surface area (Å²) in [4.78, 5) is 4.33. The fourth-order valence-electron chi connectivity index (χ4n) is 1.56. The lowest BCUT2D eigenvalue weighted by Gasteiger charge is -1.88. The van der Waals surface area contributed by atoms with Crippen molar-refractivity contribution in [1.82, 2.24) is 10.1 Å². The first-order valence-electron chi connectivity index (χ1n) is 4.81. The van der Waals surface area contributed by atoms with Gasteiger partial charge in [-0.05, 0) is 25.1 Å². The minimum absolute atomic E-state index is 0.499. The summed E-state index contributed by atoms with van der Waals surface area (Å²) < 4.78 is 10.4. The molecule has 0 unspecified atom stereocenters. The van der Waals surface area contributed by atoms with Gasteiger partial charge in [0.15, 0.2) is 5.58 Å². The molecule has 1 aromatic carbocycles. The van der Waals surface area contributed by atoms with Crippen molar-refractivity contribution in [2.45, 2.75) is 6.92 Å². The maximum absolute atomic E-state index is 5.67. The van der Waals surface area contributed by atoms with E-state index in [2.05, 4.69) is 10.1 Å². The van der Waals surface area contributed by atoms with E-state index in [1.54, 1.807) is 18.2 Å². The SMILES string of the molecule is Cc1nocc1-c1nc2cc(N)ccc2o1. The Morgan fingerprint density at radius 2 is 2.19 bits per heavy atom. The zero-order chi connectivity index (χ0) is 11.1. The van der Waals surface area contributed by atoms with E-state index < -0.39 is 0 Å². The van der Waals surface area contributed by atoms with Crippen molar-refractivity contribution in [2.24, 2.45) is 0 Å². The number of nitrogen functional groups attached to an aromatic ring is 1. The van der Waals surface area contributed by atoms with Gasteiger partial charge in [-0.2, -0.15) is 0 Å². The molecule has 0 fully saturated rings. The van der Waals surface area contributed by atoms with Crippen molar-refractivity contribution in [3.8, 4) is 11.5 Å². The van der Waals surface area contributed by atoms with E-state index in [9.17, 15) is 0 Å². The summed E-state index contributed by atoms with van der Waals surface area (Å²) >= 11 is 0. The number of aryl methyl sites for hydroxylation is 1. The average Bonchev–Trinajstić information content (AvgIpc) is 2.82. The number of nitrogens with zero attached hydrogens (tertiary/aromatic N) is 2. The van der Waals surface area contributed by atoms with Crippen LogP contribution in [0.1, 0.15) is 5.69 Å². The minimum Gasteiger partial charge on any atom is -0.436 e. The summed E-state index contributed by atoms with van der Waals surface area (Å²) in [6.45, 7) is 1.84. The number of hydrogen-bond donors (Lipinski definition) is 1. The summed E-state index contributed by atoms with van der Waals surface area (Å²) in [6.07, 6.45) is 1.52. The van der Waals surface area contributed by atoms with Gasteiger partial charge in [-0.15, -0.1) is 0 Å². The first-order valence-corrected chi connectivity index (χ1v) is 4.81. The van der Waals surface area contributed by atoms with Crippen molar-refractivity contribution in [3.05, 3.63) is 30.2 Å². The third kappa shape index (κ3) is 1.25. The molecule has 0 aliphatic heterocycles. The van der Waals surface area contributed by atoms with Crippen molar-refractivity contribution in [1.29, 1.82) is 0 Å². The van der Waals surface area contributed by atoms with Gasteiger partial charge in [0.2, 0.25) is 5.89 Å². The van der Waals surface area contributed by atoms with Crippen LogP contribution in [0.3, 0.4) is 0 Å². The molecule has 80 valence electrons. The zero-order valence-electron chi connectivity index (χ0n) is 8.60. The van der Waals surface area contributed by atoms with Gasteiger partial charge in [0.05, 0.1) is 11.3 Å². The largest absolute Gasteiger partial charge is 0.436 e. The van der Waals surface area contributed by atoms with E-state index in [1.165, 1.54) is 6.26 Å². The van der Waals surface area contributed by atoms with Gasteiger partial charge in [0.25, 0.3) is 0 Å². The van der Waals surface area contributed by atoms with Crippen molar-refractivity contribution in [2.75, 3.05) is 5.73 Å². The van der Waals surface area contributed by atoms with Gasteiger partial charge >= 0.3 is 0 Å². The molecular weight excluding hydrogens is 206 g/mol. The third-order valence-corrected chi connectivity index (χ3v) is 2.39. The summed E-state index contributed by atoms with van der Waals surface area (Å²) in [6, 6.07) is 5.34. The number of fused-ring (bicyclic) bond motifs is 1. The Balaban J connectivity index is 2.23. The maximum atomic E-state index is 5.67. The molecule has 5 nitrogen and oxygen atoms in total. The maximum Gasteiger partial charge on any atom is 0.232 e. The van der Waals surface area contributed by atoms with Gasteiger partial charge in [-0.25, -0.2) is 4.98 Å². The normalized spacial score (nSPS) is 11.1. The summed E-state index contributed by atoms with van der Waals surface area (Å²) in [5, 5.41) is 3.78. The second kappa shape index (κ2) is 3.10. The molecule has 2 N–H and O–H groups in total. The Labute approximate surface area is 90.9 Å². The van der Waals surface area contributed by atoms with E-state index in [4.69, 9.17) is 14.7 Å². The van der Waals surface area contributed by atoms with Gasteiger partial charge in [0, 0.05) is 5.69 Å². The molecule has 0 saturated carbocycles. The number of anilines is 1. The topological polar surface area (TPSA) is 78.1 Å². The molecule has 0 amide bonds. The van der Waals surface area contributed by atoms with Crippen LogP contribution >= 0.6 is 0 Å². The smallest absolute Gasteiger partial charge is 0.232 e. The standard InChI is InChI=1S/C11H9N3O2/c1-6-8(5-15-14-6)11-13-9-4-7(12)2-3-10(9)16-11/h2-5H,12H2,1H3. The fourth-order valence-corrected chi connectivity index (χ4v) is 1.56. The molecule has 3 aromatic rings. The predicted octanol–water partition coefficient (Wildman–Crippen LogP) is 2.37. The molecule has 0 bridgehead atoms. The number of nitrogens with two attached hydrogens (primary N) is 1. The molecule has 0 aliphatic rings. The van der Waals surface area contributed by atoms with E-state index in [-0.39, 0.29) is 0 Å². The molecule has 2 aromatic heterocycles. The number of benzene rings is 1. The lowest BCUT2D eigenvalue weighted by atomic mass is 10.3. The molecule has 0 radical (unpaired) electrons.